The molecular weight excluding hydrogens is 257 g/mol. The summed E-state index contributed by atoms with van der Waals surface area (Å²) in [6, 6.07) is 4.43. The summed E-state index contributed by atoms with van der Waals surface area (Å²) in [6.07, 6.45) is 5.70. The molecule has 0 spiro atoms. The van der Waals surface area contributed by atoms with Gasteiger partial charge in [-0.2, -0.15) is 0 Å². The van der Waals surface area contributed by atoms with Gasteiger partial charge in [-0.25, -0.2) is 4.39 Å². The molecule has 2 N–H and O–H groups in total. The molecule has 110 valence electrons. The van der Waals surface area contributed by atoms with Gasteiger partial charge in [0.05, 0.1) is 5.60 Å². The predicted octanol–water partition coefficient (Wildman–Crippen LogP) is 2.95. The molecule has 1 amide bonds. The predicted molar refractivity (Wildman–Crippen MR) is 76.1 cm³/mol. The van der Waals surface area contributed by atoms with E-state index < -0.39 is 5.60 Å². The topological polar surface area (TPSA) is 49.3 Å². The Hall–Kier alpha value is -1.42. The summed E-state index contributed by atoms with van der Waals surface area (Å²) in [5.41, 5.74) is 0.00402. The van der Waals surface area contributed by atoms with E-state index in [0.29, 0.717) is 11.1 Å². The molecule has 1 aromatic rings. The molecule has 1 fully saturated rings. The molecule has 3 nitrogen and oxygen atoms in total. The van der Waals surface area contributed by atoms with Crippen LogP contribution in [0.4, 0.5) is 4.39 Å². The number of carbonyl (C=O) groups excluding carboxylic acids is 1. The molecule has 0 aliphatic heterocycles. The number of nitrogens with one attached hydrogen (secondary N) is 1. The Kier molecular flexibility index (Phi) is 4.76. The van der Waals surface area contributed by atoms with Gasteiger partial charge in [0.2, 0.25) is 0 Å². The van der Waals surface area contributed by atoms with Gasteiger partial charge in [0, 0.05) is 12.1 Å². The first-order valence-corrected chi connectivity index (χ1v) is 7.27. The van der Waals surface area contributed by atoms with E-state index in [-0.39, 0.29) is 18.3 Å². The van der Waals surface area contributed by atoms with Crippen molar-refractivity contribution in [3.05, 3.63) is 35.1 Å². The van der Waals surface area contributed by atoms with Gasteiger partial charge in [-0.15, -0.1) is 0 Å². The van der Waals surface area contributed by atoms with Crippen LogP contribution in [0.15, 0.2) is 18.2 Å². The minimum atomic E-state index is -0.810. The van der Waals surface area contributed by atoms with Crippen molar-refractivity contribution < 1.29 is 14.3 Å². The Bertz CT molecular complexity index is 479. The van der Waals surface area contributed by atoms with Gasteiger partial charge in [0.1, 0.15) is 5.82 Å². The Balaban J connectivity index is 1.95. The second-order valence-electron chi connectivity index (χ2n) is 5.79. The maximum absolute atomic E-state index is 13.4. The second-order valence-corrected chi connectivity index (χ2v) is 5.79. The Morgan fingerprint density at radius 1 is 1.30 bits per heavy atom. The number of rotatable bonds is 3. The summed E-state index contributed by atoms with van der Waals surface area (Å²) in [7, 11) is 0. The van der Waals surface area contributed by atoms with Gasteiger partial charge in [-0.05, 0) is 37.5 Å². The number of hydrogen-bond donors (Lipinski definition) is 2. The lowest BCUT2D eigenvalue weighted by Crippen LogP contribution is -2.42. The van der Waals surface area contributed by atoms with Crippen LogP contribution in [0.25, 0.3) is 0 Å². The van der Waals surface area contributed by atoms with Gasteiger partial charge < -0.3 is 10.4 Å². The highest BCUT2D eigenvalue weighted by Crippen LogP contribution is 2.26. The summed E-state index contributed by atoms with van der Waals surface area (Å²) in [6.45, 7) is 1.90. The zero-order chi connectivity index (χ0) is 14.6. The largest absolute Gasteiger partial charge is 0.388 e. The maximum atomic E-state index is 13.4. The molecule has 0 atom stereocenters. The molecule has 4 heteroatoms. The number of aryl methyl sites for hydroxylation is 1. The number of carbonyl (C=O) groups is 1. The Morgan fingerprint density at radius 2 is 1.95 bits per heavy atom. The van der Waals surface area contributed by atoms with Crippen LogP contribution in [0.1, 0.15) is 54.4 Å². The van der Waals surface area contributed by atoms with Crippen molar-refractivity contribution in [2.45, 2.75) is 51.0 Å². The highest BCUT2D eigenvalue weighted by atomic mass is 19.1. The third-order valence-corrected chi connectivity index (χ3v) is 4.05. The van der Waals surface area contributed by atoms with Crippen LogP contribution >= 0.6 is 0 Å². The minimum absolute atomic E-state index is 0.237. The molecule has 20 heavy (non-hydrogen) atoms. The van der Waals surface area contributed by atoms with Gasteiger partial charge >= 0.3 is 0 Å². The Morgan fingerprint density at radius 3 is 2.55 bits per heavy atom. The molecule has 1 aromatic carbocycles. The number of amides is 1. The van der Waals surface area contributed by atoms with Crippen molar-refractivity contribution in [1.29, 1.82) is 0 Å². The smallest absolute Gasteiger partial charge is 0.251 e. The van der Waals surface area contributed by atoms with E-state index in [1.165, 1.54) is 6.07 Å². The summed E-state index contributed by atoms with van der Waals surface area (Å²) < 4.78 is 13.4. The summed E-state index contributed by atoms with van der Waals surface area (Å²) in [5, 5.41) is 13.2. The fourth-order valence-electron chi connectivity index (χ4n) is 2.64. The molecule has 0 bridgehead atoms. The first-order chi connectivity index (χ1) is 9.50. The lowest BCUT2D eigenvalue weighted by atomic mass is 9.94. The van der Waals surface area contributed by atoms with E-state index in [9.17, 15) is 14.3 Å². The SMILES string of the molecule is Cc1ccc(C(=O)NCC2(O)CCCCCC2)cc1F. The van der Waals surface area contributed by atoms with Crippen LogP contribution in [0, 0.1) is 12.7 Å². The van der Waals surface area contributed by atoms with Crippen molar-refractivity contribution in [2.75, 3.05) is 6.54 Å². The molecule has 0 aromatic heterocycles. The molecule has 1 aliphatic rings. The van der Waals surface area contributed by atoms with Crippen LogP contribution in [-0.4, -0.2) is 23.2 Å². The average molecular weight is 279 g/mol. The minimum Gasteiger partial charge on any atom is -0.388 e. The molecule has 1 aliphatic carbocycles. The number of aliphatic hydroxyl groups is 1. The number of halogens is 1. The van der Waals surface area contributed by atoms with Gasteiger partial charge in [0.15, 0.2) is 0 Å². The van der Waals surface area contributed by atoms with Crippen molar-refractivity contribution in [3.8, 4) is 0 Å². The van der Waals surface area contributed by atoms with Crippen LogP contribution in [0.3, 0.4) is 0 Å². The van der Waals surface area contributed by atoms with E-state index in [0.717, 1.165) is 38.5 Å². The first-order valence-electron chi connectivity index (χ1n) is 7.27. The lowest BCUT2D eigenvalue weighted by Gasteiger charge is -2.26. The van der Waals surface area contributed by atoms with Gasteiger partial charge in [0.25, 0.3) is 5.91 Å². The molecule has 1 saturated carbocycles. The van der Waals surface area contributed by atoms with Crippen LogP contribution in [-0.2, 0) is 0 Å². The zero-order valence-electron chi connectivity index (χ0n) is 11.9. The average Bonchev–Trinajstić information content (AvgIpc) is 2.65. The highest BCUT2D eigenvalue weighted by molar-refractivity contribution is 5.94. The third-order valence-electron chi connectivity index (χ3n) is 4.05. The molecule has 0 radical (unpaired) electrons. The molecule has 0 saturated heterocycles. The standard InChI is InChI=1S/C16H22FNO2/c1-12-6-7-13(10-14(12)17)15(19)18-11-16(20)8-4-2-3-5-9-16/h6-7,10,20H,2-5,8-9,11H2,1H3,(H,18,19). The van der Waals surface area contributed by atoms with E-state index in [1.54, 1.807) is 19.1 Å². The molecular formula is C16H22FNO2. The molecule has 2 rings (SSSR count). The number of hydrogen-bond acceptors (Lipinski definition) is 2. The fourth-order valence-corrected chi connectivity index (χ4v) is 2.64. The van der Waals surface area contributed by atoms with Gasteiger partial charge in [-0.1, -0.05) is 31.7 Å². The van der Waals surface area contributed by atoms with Crippen LogP contribution < -0.4 is 5.32 Å². The number of benzene rings is 1. The van der Waals surface area contributed by atoms with E-state index in [1.807, 2.05) is 0 Å². The Labute approximate surface area is 119 Å². The lowest BCUT2D eigenvalue weighted by molar-refractivity contribution is 0.0246. The van der Waals surface area contributed by atoms with Crippen molar-refractivity contribution in [2.24, 2.45) is 0 Å². The van der Waals surface area contributed by atoms with Crippen molar-refractivity contribution in [1.82, 2.24) is 5.32 Å². The maximum Gasteiger partial charge on any atom is 0.251 e. The normalized spacial score (nSPS) is 18.4. The van der Waals surface area contributed by atoms with Crippen molar-refractivity contribution >= 4 is 5.91 Å². The third kappa shape index (κ3) is 3.79. The van der Waals surface area contributed by atoms with E-state index >= 15 is 0 Å². The monoisotopic (exact) mass is 279 g/mol. The van der Waals surface area contributed by atoms with Crippen LogP contribution in [0.2, 0.25) is 0 Å². The zero-order valence-corrected chi connectivity index (χ0v) is 11.9. The summed E-state index contributed by atoms with van der Waals surface area (Å²) in [4.78, 5) is 12.0. The molecule has 0 unspecified atom stereocenters. The van der Waals surface area contributed by atoms with E-state index in [4.69, 9.17) is 0 Å². The summed E-state index contributed by atoms with van der Waals surface area (Å²) >= 11 is 0. The van der Waals surface area contributed by atoms with Gasteiger partial charge in [-0.3, -0.25) is 4.79 Å². The quantitative estimate of drug-likeness (QED) is 0.836. The van der Waals surface area contributed by atoms with Crippen molar-refractivity contribution in [3.63, 3.8) is 0 Å². The fraction of sp³-hybridized carbons (Fsp3) is 0.562. The van der Waals surface area contributed by atoms with Crippen LogP contribution in [0.5, 0.6) is 0 Å². The first kappa shape index (κ1) is 15.0. The second kappa shape index (κ2) is 6.35. The highest BCUT2D eigenvalue weighted by Gasteiger charge is 2.28. The van der Waals surface area contributed by atoms with E-state index in [2.05, 4.69) is 5.32 Å². The molecule has 0 heterocycles. The summed E-state index contributed by atoms with van der Waals surface area (Å²) in [5.74, 6) is -0.715.